The highest BCUT2D eigenvalue weighted by Gasteiger charge is 2.22. The van der Waals surface area contributed by atoms with E-state index in [1.54, 1.807) is 23.3 Å². The highest BCUT2D eigenvalue weighted by molar-refractivity contribution is 7.07. The van der Waals surface area contributed by atoms with Gasteiger partial charge in [-0.3, -0.25) is 4.79 Å². The molecule has 0 N–H and O–H groups in total. The molecule has 0 aliphatic rings. The summed E-state index contributed by atoms with van der Waals surface area (Å²) in [6.45, 7) is 2.38. The van der Waals surface area contributed by atoms with Crippen LogP contribution < -0.4 is 0 Å². The van der Waals surface area contributed by atoms with Crippen molar-refractivity contribution in [1.29, 1.82) is 0 Å². The molecule has 130 valence electrons. The fourth-order valence-electron chi connectivity index (χ4n) is 2.95. The lowest BCUT2D eigenvalue weighted by Gasteiger charge is -2.17. The van der Waals surface area contributed by atoms with Crippen molar-refractivity contribution in [2.75, 3.05) is 7.05 Å². The normalized spacial score (nSPS) is 11.0. The van der Waals surface area contributed by atoms with E-state index >= 15 is 0 Å². The lowest BCUT2D eigenvalue weighted by atomic mass is 10.0. The number of thiophene rings is 1. The molecular weight excluding hydrogens is 346 g/mol. The van der Waals surface area contributed by atoms with E-state index in [9.17, 15) is 4.79 Å². The number of aromatic nitrogens is 2. The molecule has 0 aliphatic carbocycles. The van der Waals surface area contributed by atoms with E-state index in [4.69, 9.17) is 4.52 Å². The highest BCUT2D eigenvalue weighted by Crippen LogP contribution is 2.28. The molecule has 0 saturated carbocycles. The maximum Gasteiger partial charge on any atom is 0.259 e. The number of carbonyl (C=O) groups is 1. The van der Waals surface area contributed by atoms with Crippen molar-refractivity contribution in [2.45, 2.75) is 13.5 Å². The molecule has 6 heteroatoms. The first-order valence-corrected chi connectivity index (χ1v) is 9.17. The Labute approximate surface area is 154 Å². The first-order valence-electron chi connectivity index (χ1n) is 8.22. The van der Waals surface area contributed by atoms with Crippen LogP contribution in [0.15, 0.2) is 57.7 Å². The average Bonchev–Trinajstić information content (AvgIpc) is 3.31. The minimum absolute atomic E-state index is 0.0768. The minimum Gasteiger partial charge on any atom is -0.337 e. The molecule has 5 nitrogen and oxygen atoms in total. The van der Waals surface area contributed by atoms with Gasteiger partial charge in [0.25, 0.3) is 11.6 Å². The fraction of sp³-hybridized carbons (Fsp3) is 0.150. The van der Waals surface area contributed by atoms with Crippen LogP contribution in [0.1, 0.15) is 21.6 Å². The minimum atomic E-state index is -0.0768. The Morgan fingerprint density at radius 2 is 2.04 bits per heavy atom. The number of nitrogens with zero attached hydrogens (tertiary/aromatic N) is 3. The van der Waals surface area contributed by atoms with E-state index in [1.807, 2.05) is 60.1 Å². The predicted molar refractivity (Wildman–Crippen MR) is 102 cm³/mol. The van der Waals surface area contributed by atoms with Crippen LogP contribution in [0.25, 0.3) is 22.4 Å². The Morgan fingerprint density at radius 3 is 2.77 bits per heavy atom. The summed E-state index contributed by atoms with van der Waals surface area (Å²) in [5, 5.41) is 8.73. The number of aryl methyl sites for hydroxylation is 1. The zero-order valence-electron chi connectivity index (χ0n) is 14.5. The van der Waals surface area contributed by atoms with Crippen LogP contribution in [0, 0.1) is 6.92 Å². The van der Waals surface area contributed by atoms with Crippen molar-refractivity contribution in [3.8, 4) is 11.3 Å². The van der Waals surface area contributed by atoms with Gasteiger partial charge in [0.15, 0.2) is 0 Å². The summed E-state index contributed by atoms with van der Waals surface area (Å²) in [5.41, 5.74) is 4.35. The lowest BCUT2D eigenvalue weighted by Crippen LogP contribution is -2.26. The van der Waals surface area contributed by atoms with Gasteiger partial charge in [-0.1, -0.05) is 35.5 Å². The van der Waals surface area contributed by atoms with E-state index in [2.05, 4.69) is 10.1 Å². The zero-order valence-corrected chi connectivity index (χ0v) is 15.3. The van der Waals surface area contributed by atoms with Crippen LogP contribution in [0.5, 0.6) is 0 Å². The number of carbonyl (C=O) groups excluding carboxylic acids is 1. The van der Waals surface area contributed by atoms with Gasteiger partial charge in [0.2, 0.25) is 0 Å². The molecule has 4 aromatic rings. The smallest absolute Gasteiger partial charge is 0.259 e. The van der Waals surface area contributed by atoms with Crippen LogP contribution >= 0.6 is 11.3 Å². The molecule has 0 spiro atoms. The Balaban J connectivity index is 1.79. The fourth-order valence-corrected chi connectivity index (χ4v) is 3.61. The molecule has 0 atom stereocenters. The third kappa shape index (κ3) is 2.99. The Hall–Kier alpha value is -2.99. The third-order valence-corrected chi connectivity index (χ3v) is 5.00. The van der Waals surface area contributed by atoms with Crippen molar-refractivity contribution >= 4 is 28.3 Å². The van der Waals surface area contributed by atoms with Gasteiger partial charge >= 0.3 is 0 Å². The van der Waals surface area contributed by atoms with Gasteiger partial charge in [-0.25, -0.2) is 4.98 Å². The molecule has 3 heterocycles. The summed E-state index contributed by atoms with van der Waals surface area (Å²) in [7, 11) is 1.80. The summed E-state index contributed by atoms with van der Waals surface area (Å²) < 4.78 is 5.36. The number of rotatable bonds is 4. The summed E-state index contributed by atoms with van der Waals surface area (Å²) in [4.78, 5) is 19.4. The predicted octanol–water partition coefficient (Wildman–Crippen LogP) is 4.53. The number of pyridine rings is 1. The first-order chi connectivity index (χ1) is 12.6. The summed E-state index contributed by atoms with van der Waals surface area (Å²) in [6.07, 6.45) is 0. The monoisotopic (exact) mass is 363 g/mol. The second kappa shape index (κ2) is 6.72. The molecule has 0 aliphatic heterocycles. The van der Waals surface area contributed by atoms with E-state index < -0.39 is 0 Å². The molecular formula is C20H17N3O2S. The van der Waals surface area contributed by atoms with Gasteiger partial charge in [0.1, 0.15) is 0 Å². The van der Waals surface area contributed by atoms with Crippen molar-refractivity contribution in [2.24, 2.45) is 0 Å². The zero-order chi connectivity index (χ0) is 18.1. The number of hydrogen-bond donors (Lipinski definition) is 0. The van der Waals surface area contributed by atoms with E-state index in [-0.39, 0.29) is 5.91 Å². The second-order valence-electron chi connectivity index (χ2n) is 6.16. The van der Waals surface area contributed by atoms with Crippen LogP contribution in [-0.2, 0) is 6.54 Å². The average molecular weight is 363 g/mol. The highest BCUT2D eigenvalue weighted by atomic mass is 32.1. The maximum atomic E-state index is 13.2. The third-order valence-electron chi connectivity index (χ3n) is 4.26. The number of fused-ring (bicyclic) bond motifs is 1. The molecule has 0 radical (unpaired) electrons. The Bertz CT molecular complexity index is 1060. The van der Waals surface area contributed by atoms with Crippen LogP contribution in [0.4, 0.5) is 0 Å². The summed E-state index contributed by atoms with van der Waals surface area (Å²) >= 11 is 1.62. The largest absolute Gasteiger partial charge is 0.337 e. The van der Waals surface area contributed by atoms with Gasteiger partial charge in [-0.2, -0.15) is 11.3 Å². The van der Waals surface area contributed by atoms with Gasteiger partial charge in [-0.15, -0.1) is 0 Å². The van der Waals surface area contributed by atoms with E-state index in [0.717, 1.165) is 11.1 Å². The molecule has 1 amide bonds. The van der Waals surface area contributed by atoms with Crippen molar-refractivity contribution in [3.05, 3.63) is 70.0 Å². The molecule has 4 rings (SSSR count). The van der Waals surface area contributed by atoms with Crippen LogP contribution in [0.3, 0.4) is 0 Å². The topological polar surface area (TPSA) is 59.2 Å². The van der Waals surface area contributed by atoms with Crippen molar-refractivity contribution in [1.82, 2.24) is 15.0 Å². The number of amides is 1. The second-order valence-corrected chi connectivity index (χ2v) is 6.94. The quantitative estimate of drug-likeness (QED) is 0.534. The molecule has 0 unspecified atom stereocenters. The Morgan fingerprint density at radius 1 is 1.23 bits per heavy atom. The lowest BCUT2D eigenvalue weighted by molar-refractivity contribution is 0.0787. The molecule has 0 saturated heterocycles. The molecule has 3 aromatic heterocycles. The first kappa shape index (κ1) is 16.5. The van der Waals surface area contributed by atoms with Crippen molar-refractivity contribution < 1.29 is 9.32 Å². The van der Waals surface area contributed by atoms with Gasteiger partial charge in [-0.05, 0) is 35.4 Å². The molecule has 0 fully saturated rings. The maximum absolute atomic E-state index is 13.2. The summed E-state index contributed by atoms with van der Waals surface area (Å²) in [5.74, 6) is -0.0768. The molecule has 0 bridgehead atoms. The van der Waals surface area contributed by atoms with Gasteiger partial charge in [0, 0.05) is 19.2 Å². The Kier molecular flexibility index (Phi) is 4.26. The van der Waals surface area contributed by atoms with E-state index in [1.165, 1.54) is 0 Å². The molecule has 1 aromatic carbocycles. The van der Waals surface area contributed by atoms with Crippen molar-refractivity contribution in [3.63, 3.8) is 0 Å². The van der Waals surface area contributed by atoms with Crippen LogP contribution in [-0.4, -0.2) is 28.0 Å². The number of hydrogen-bond acceptors (Lipinski definition) is 5. The molecule has 26 heavy (non-hydrogen) atoms. The van der Waals surface area contributed by atoms with Crippen LogP contribution in [0.2, 0.25) is 0 Å². The number of benzene rings is 1. The van der Waals surface area contributed by atoms with Gasteiger partial charge < -0.3 is 9.42 Å². The SMILES string of the molecule is Cc1noc2nc(-c3ccccc3)cc(C(=O)N(C)Cc3ccsc3)c12. The van der Waals surface area contributed by atoms with Gasteiger partial charge in [0.05, 0.1) is 22.3 Å². The summed E-state index contributed by atoms with van der Waals surface area (Å²) in [6, 6.07) is 13.6. The van der Waals surface area contributed by atoms with E-state index in [0.29, 0.717) is 34.6 Å². The standard InChI is InChI=1S/C20H17N3O2S/c1-13-18-16(20(24)23(2)11-14-8-9-26-12-14)10-17(21-19(18)25-22-13)15-6-4-3-5-7-15/h3-10,12H,11H2,1-2H3.